The third-order valence-electron chi connectivity index (χ3n) is 5.42. The summed E-state index contributed by atoms with van der Waals surface area (Å²) in [6, 6.07) is 0.0317. The van der Waals surface area contributed by atoms with Gasteiger partial charge in [-0.05, 0) is 51.6 Å². The number of nitrogens with two attached hydrogens (primary N) is 1. The summed E-state index contributed by atoms with van der Waals surface area (Å²) >= 11 is 0. The maximum atomic E-state index is 12.4. The fourth-order valence-electron chi connectivity index (χ4n) is 3.90. The number of ether oxygens (including phenoxy) is 1. The molecule has 2 atom stereocenters. The van der Waals surface area contributed by atoms with Gasteiger partial charge in [-0.2, -0.15) is 0 Å². The summed E-state index contributed by atoms with van der Waals surface area (Å²) < 4.78 is 5.34. The molecule has 5 heteroatoms. The highest BCUT2D eigenvalue weighted by atomic mass is 16.5. The molecular formula is C17H33N3O2. The molecule has 2 aliphatic rings. The Kier molecular flexibility index (Phi) is 7.12. The lowest BCUT2D eigenvalue weighted by atomic mass is 9.83. The fourth-order valence-corrected chi connectivity index (χ4v) is 3.90. The summed E-state index contributed by atoms with van der Waals surface area (Å²) in [4.78, 5) is 14.6. The van der Waals surface area contributed by atoms with Crippen LogP contribution in [0, 0.1) is 11.8 Å². The van der Waals surface area contributed by atoms with Gasteiger partial charge in [-0.3, -0.25) is 4.79 Å². The van der Waals surface area contributed by atoms with E-state index in [1.165, 1.54) is 32.1 Å². The molecule has 1 saturated heterocycles. The van der Waals surface area contributed by atoms with Crippen LogP contribution in [0.1, 0.15) is 44.9 Å². The number of hydrogen-bond donors (Lipinski definition) is 2. The second-order valence-electron chi connectivity index (χ2n) is 7.15. The Morgan fingerprint density at radius 3 is 2.36 bits per heavy atom. The van der Waals surface area contributed by atoms with Crippen molar-refractivity contribution in [3.63, 3.8) is 0 Å². The van der Waals surface area contributed by atoms with E-state index in [-0.39, 0.29) is 11.8 Å². The van der Waals surface area contributed by atoms with Crippen molar-refractivity contribution in [2.75, 3.05) is 33.9 Å². The molecule has 1 heterocycles. The smallest absolute Gasteiger partial charge is 0.237 e. The maximum absolute atomic E-state index is 12.4. The maximum Gasteiger partial charge on any atom is 0.237 e. The molecule has 0 radical (unpaired) electrons. The highest BCUT2D eigenvalue weighted by molar-refractivity contribution is 5.81. The lowest BCUT2D eigenvalue weighted by Crippen LogP contribution is -2.51. The van der Waals surface area contributed by atoms with E-state index >= 15 is 0 Å². The SMILES string of the molecule is CN(C)C(CNC(=O)C(N)C1CCOCC1)C1CCCCC1. The molecule has 128 valence electrons. The minimum atomic E-state index is -0.391. The number of amides is 1. The molecular weight excluding hydrogens is 278 g/mol. The molecule has 0 aromatic carbocycles. The van der Waals surface area contributed by atoms with E-state index in [9.17, 15) is 4.79 Å². The first-order valence-corrected chi connectivity index (χ1v) is 8.87. The summed E-state index contributed by atoms with van der Waals surface area (Å²) in [5, 5.41) is 3.11. The summed E-state index contributed by atoms with van der Waals surface area (Å²) in [5.74, 6) is 0.971. The minimum Gasteiger partial charge on any atom is -0.381 e. The quantitative estimate of drug-likeness (QED) is 0.777. The molecule has 1 saturated carbocycles. The van der Waals surface area contributed by atoms with E-state index in [0.29, 0.717) is 18.5 Å². The van der Waals surface area contributed by atoms with Gasteiger partial charge in [0.25, 0.3) is 0 Å². The largest absolute Gasteiger partial charge is 0.381 e. The van der Waals surface area contributed by atoms with Gasteiger partial charge in [0, 0.05) is 25.8 Å². The van der Waals surface area contributed by atoms with Gasteiger partial charge in [0.15, 0.2) is 0 Å². The fraction of sp³-hybridized carbons (Fsp3) is 0.941. The topological polar surface area (TPSA) is 67.6 Å². The molecule has 2 unspecified atom stereocenters. The van der Waals surface area contributed by atoms with Gasteiger partial charge < -0.3 is 20.7 Å². The van der Waals surface area contributed by atoms with Gasteiger partial charge in [-0.15, -0.1) is 0 Å². The van der Waals surface area contributed by atoms with Crippen LogP contribution in [0.4, 0.5) is 0 Å². The number of hydrogen-bond acceptors (Lipinski definition) is 4. The molecule has 22 heavy (non-hydrogen) atoms. The van der Waals surface area contributed by atoms with Crippen molar-refractivity contribution in [1.82, 2.24) is 10.2 Å². The highest BCUT2D eigenvalue weighted by Gasteiger charge is 2.29. The van der Waals surface area contributed by atoms with E-state index in [1.807, 2.05) is 0 Å². The second kappa shape index (κ2) is 8.85. The van der Waals surface area contributed by atoms with E-state index in [1.54, 1.807) is 0 Å². The standard InChI is InChI=1S/C17H33N3O2/c1-20(2)15(13-6-4-3-5-7-13)12-19-17(21)16(18)14-8-10-22-11-9-14/h13-16H,3-12,18H2,1-2H3,(H,19,21). The number of likely N-dealkylation sites (N-methyl/N-ethyl adjacent to an activating group) is 1. The van der Waals surface area contributed by atoms with Gasteiger partial charge in [0.2, 0.25) is 5.91 Å². The zero-order valence-electron chi connectivity index (χ0n) is 14.2. The molecule has 2 rings (SSSR count). The van der Waals surface area contributed by atoms with Gasteiger partial charge >= 0.3 is 0 Å². The first kappa shape index (κ1) is 17.7. The van der Waals surface area contributed by atoms with Gasteiger partial charge in [0.05, 0.1) is 6.04 Å². The van der Waals surface area contributed by atoms with E-state index in [2.05, 4.69) is 24.3 Å². The van der Waals surface area contributed by atoms with Crippen molar-refractivity contribution in [2.24, 2.45) is 17.6 Å². The van der Waals surface area contributed by atoms with Crippen molar-refractivity contribution in [3.8, 4) is 0 Å². The predicted molar refractivity (Wildman–Crippen MR) is 88.6 cm³/mol. The third-order valence-corrected chi connectivity index (χ3v) is 5.42. The van der Waals surface area contributed by atoms with E-state index < -0.39 is 6.04 Å². The van der Waals surface area contributed by atoms with E-state index in [0.717, 1.165) is 26.1 Å². The molecule has 1 amide bonds. The van der Waals surface area contributed by atoms with Crippen LogP contribution in [0.3, 0.4) is 0 Å². The lowest BCUT2D eigenvalue weighted by molar-refractivity contribution is -0.124. The average molecular weight is 311 g/mol. The molecule has 2 fully saturated rings. The lowest BCUT2D eigenvalue weighted by Gasteiger charge is -2.35. The third kappa shape index (κ3) is 4.93. The Morgan fingerprint density at radius 2 is 1.77 bits per heavy atom. The molecule has 0 spiro atoms. The zero-order valence-corrected chi connectivity index (χ0v) is 14.2. The number of nitrogens with one attached hydrogen (secondary N) is 1. The van der Waals surface area contributed by atoms with Crippen LogP contribution >= 0.6 is 0 Å². The Balaban J connectivity index is 1.81. The zero-order chi connectivity index (χ0) is 15.9. The van der Waals surface area contributed by atoms with Gasteiger partial charge in [0.1, 0.15) is 0 Å². The number of nitrogens with zero attached hydrogens (tertiary/aromatic N) is 1. The Hall–Kier alpha value is -0.650. The normalized spacial score (nSPS) is 24.2. The van der Waals surface area contributed by atoms with Gasteiger partial charge in [-0.1, -0.05) is 19.3 Å². The van der Waals surface area contributed by atoms with Crippen molar-refractivity contribution >= 4 is 5.91 Å². The van der Waals surface area contributed by atoms with Crippen LogP contribution in [0.25, 0.3) is 0 Å². The minimum absolute atomic E-state index is 0.00885. The molecule has 1 aliphatic heterocycles. The Bertz CT molecular complexity index is 337. The predicted octanol–water partition coefficient (Wildman–Crippen LogP) is 1.37. The molecule has 1 aliphatic carbocycles. The van der Waals surface area contributed by atoms with Crippen LogP contribution in [-0.2, 0) is 9.53 Å². The second-order valence-corrected chi connectivity index (χ2v) is 7.15. The van der Waals surface area contributed by atoms with Crippen LogP contribution in [0.5, 0.6) is 0 Å². The highest BCUT2D eigenvalue weighted by Crippen LogP contribution is 2.28. The number of rotatable bonds is 6. The van der Waals surface area contributed by atoms with Crippen molar-refractivity contribution < 1.29 is 9.53 Å². The molecule has 5 nitrogen and oxygen atoms in total. The average Bonchev–Trinajstić information content (AvgIpc) is 2.55. The number of carbonyl (C=O) groups is 1. The van der Waals surface area contributed by atoms with Crippen LogP contribution in [0.2, 0.25) is 0 Å². The number of carbonyl (C=O) groups excluding carboxylic acids is 1. The van der Waals surface area contributed by atoms with Crippen molar-refractivity contribution in [1.29, 1.82) is 0 Å². The molecule has 0 bridgehead atoms. The van der Waals surface area contributed by atoms with Crippen LogP contribution in [-0.4, -0.2) is 56.7 Å². The first-order valence-electron chi connectivity index (χ1n) is 8.87. The Labute approximate surface area is 134 Å². The summed E-state index contributed by atoms with van der Waals surface area (Å²) in [6.07, 6.45) is 8.37. The summed E-state index contributed by atoms with van der Waals surface area (Å²) in [5.41, 5.74) is 6.15. The summed E-state index contributed by atoms with van der Waals surface area (Å²) in [7, 11) is 4.23. The summed E-state index contributed by atoms with van der Waals surface area (Å²) in [6.45, 7) is 2.18. The van der Waals surface area contributed by atoms with Crippen molar-refractivity contribution in [3.05, 3.63) is 0 Å². The Morgan fingerprint density at radius 1 is 1.14 bits per heavy atom. The van der Waals surface area contributed by atoms with Crippen LogP contribution in [0.15, 0.2) is 0 Å². The van der Waals surface area contributed by atoms with Gasteiger partial charge in [-0.25, -0.2) is 0 Å². The molecule has 0 aromatic rings. The molecule has 0 aromatic heterocycles. The van der Waals surface area contributed by atoms with Crippen molar-refractivity contribution in [2.45, 2.75) is 57.0 Å². The monoisotopic (exact) mass is 311 g/mol. The van der Waals surface area contributed by atoms with E-state index in [4.69, 9.17) is 10.5 Å². The van der Waals surface area contributed by atoms with Crippen LogP contribution < -0.4 is 11.1 Å². The first-order chi connectivity index (χ1) is 10.6. The molecule has 3 N–H and O–H groups in total.